The van der Waals surface area contributed by atoms with Crippen LogP contribution >= 0.6 is 0 Å². The lowest BCUT2D eigenvalue weighted by Gasteiger charge is -2.39. The Morgan fingerprint density at radius 3 is 2.58 bits per heavy atom. The standard InChI is InChI=1S/C16H25N3/c1-13-4-3-5-16(14(13)2)19-10-8-18(9-11-19)15-6-7-17-12-15/h3-5,15,17H,6-12H2,1-2H3. The van der Waals surface area contributed by atoms with Crippen molar-refractivity contribution in [1.82, 2.24) is 10.2 Å². The number of rotatable bonds is 2. The molecule has 1 atom stereocenters. The summed E-state index contributed by atoms with van der Waals surface area (Å²) in [6, 6.07) is 7.44. The number of anilines is 1. The first-order valence-corrected chi connectivity index (χ1v) is 7.51. The van der Waals surface area contributed by atoms with Crippen molar-refractivity contribution in [3.63, 3.8) is 0 Å². The molecule has 19 heavy (non-hydrogen) atoms. The van der Waals surface area contributed by atoms with E-state index in [9.17, 15) is 0 Å². The first-order valence-electron chi connectivity index (χ1n) is 7.51. The maximum atomic E-state index is 3.47. The average Bonchev–Trinajstić information content (AvgIpc) is 2.96. The molecule has 3 heteroatoms. The van der Waals surface area contributed by atoms with Crippen molar-refractivity contribution in [2.45, 2.75) is 26.3 Å². The number of hydrogen-bond acceptors (Lipinski definition) is 3. The van der Waals surface area contributed by atoms with Crippen molar-refractivity contribution in [3.8, 4) is 0 Å². The van der Waals surface area contributed by atoms with Gasteiger partial charge in [0.15, 0.2) is 0 Å². The second-order valence-electron chi connectivity index (χ2n) is 5.89. The van der Waals surface area contributed by atoms with Gasteiger partial charge in [-0.05, 0) is 44.0 Å². The molecule has 0 amide bonds. The number of benzene rings is 1. The molecule has 1 N–H and O–H groups in total. The summed E-state index contributed by atoms with van der Waals surface area (Å²) in [6.45, 7) is 11.6. The number of nitrogens with zero attached hydrogens (tertiary/aromatic N) is 2. The number of piperazine rings is 1. The third kappa shape index (κ3) is 2.63. The molecule has 104 valence electrons. The lowest BCUT2D eigenvalue weighted by Crippen LogP contribution is -2.51. The molecule has 0 aliphatic carbocycles. The van der Waals surface area contributed by atoms with Gasteiger partial charge >= 0.3 is 0 Å². The molecule has 2 saturated heterocycles. The van der Waals surface area contributed by atoms with Crippen molar-refractivity contribution < 1.29 is 0 Å². The van der Waals surface area contributed by atoms with Crippen LogP contribution in [0.15, 0.2) is 18.2 Å². The molecule has 2 aliphatic rings. The van der Waals surface area contributed by atoms with Crippen LogP contribution in [0, 0.1) is 13.8 Å². The molecule has 0 radical (unpaired) electrons. The molecule has 0 spiro atoms. The summed E-state index contributed by atoms with van der Waals surface area (Å²) in [7, 11) is 0. The Morgan fingerprint density at radius 1 is 1.11 bits per heavy atom. The lowest BCUT2D eigenvalue weighted by molar-refractivity contribution is 0.196. The highest BCUT2D eigenvalue weighted by Crippen LogP contribution is 2.24. The summed E-state index contributed by atoms with van der Waals surface area (Å²) in [5, 5.41) is 3.47. The van der Waals surface area contributed by atoms with Gasteiger partial charge in [-0.1, -0.05) is 12.1 Å². The van der Waals surface area contributed by atoms with E-state index in [2.05, 4.69) is 47.2 Å². The van der Waals surface area contributed by atoms with Crippen LogP contribution in [0.5, 0.6) is 0 Å². The van der Waals surface area contributed by atoms with Crippen molar-refractivity contribution in [1.29, 1.82) is 0 Å². The van der Waals surface area contributed by atoms with Gasteiger partial charge in [0.05, 0.1) is 0 Å². The van der Waals surface area contributed by atoms with Crippen molar-refractivity contribution >= 4 is 5.69 Å². The van der Waals surface area contributed by atoms with Crippen LogP contribution in [-0.2, 0) is 0 Å². The van der Waals surface area contributed by atoms with E-state index in [4.69, 9.17) is 0 Å². The molecule has 0 saturated carbocycles. The zero-order valence-corrected chi connectivity index (χ0v) is 12.2. The minimum absolute atomic E-state index is 0.778. The number of nitrogens with one attached hydrogen (secondary N) is 1. The van der Waals surface area contributed by atoms with E-state index >= 15 is 0 Å². The van der Waals surface area contributed by atoms with E-state index in [1.807, 2.05) is 0 Å². The smallest absolute Gasteiger partial charge is 0.0399 e. The SMILES string of the molecule is Cc1cccc(N2CCN(C3CCNC3)CC2)c1C. The molecule has 1 unspecified atom stereocenters. The van der Waals surface area contributed by atoms with Gasteiger partial charge in [-0.15, -0.1) is 0 Å². The highest BCUT2D eigenvalue weighted by molar-refractivity contribution is 5.56. The second kappa shape index (κ2) is 5.51. The molecular weight excluding hydrogens is 234 g/mol. The molecule has 1 aromatic carbocycles. The summed E-state index contributed by atoms with van der Waals surface area (Å²) in [5.74, 6) is 0. The van der Waals surface area contributed by atoms with E-state index in [1.54, 1.807) is 0 Å². The third-order valence-electron chi connectivity index (χ3n) is 4.78. The van der Waals surface area contributed by atoms with Crippen LogP contribution in [0.3, 0.4) is 0 Å². The fourth-order valence-corrected chi connectivity index (χ4v) is 3.36. The predicted octanol–water partition coefficient (Wildman–Crippen LogP) is 1.79. The molecule has 0 aromatic heterocycles. The molecule has 3 nitrogen and oxygen atoms in total. The van der Waals surface area contributed by atoms with Gasteiger partial charge in [0, 0.05) is 44.5 Å². The quantitative estimate of drug-likeness (QED) is 0.873. The van der Waals surface area contributed by atoms with E-state index in [0.29, 0.717) is 0 Å². The van der Waals surface area contributed by atoms with Gasteiger partial charge in [-0.3, -0.25) is 4.90 Å². The van der Waals surface area contributed by atoms with Crippen molar-refractivity contribution in [2.75, 3.05) is 44.2 Å². The highest BCUT2D eigenvalue weighted by Gasteiger charge is 2.26. The first-order chi connectivity index (χ1) is 9.25. The lowest BCUT2D eigenvalue weighted by atomic mass is 10.1. The van der Waals surface area contributed by atoms with Gasteiger partial charge in [0.1, 0.15) is 0 Å². The Hall–Kier alpha value is -1.06. The molecule has 1 aromatic rings. The molecule has 2 fully saturated rings. The Balaban J connectivity index is 1.64. The summed E-state index contributed by atoms with van der Waals surface area (Å²) in [5.41, 5.74) is 4.28. The normalized spacial score (nSPS) is 24.9. The Morgan fingerprint density at radius 2 is 1.89 bits per heavy atom. The summed E-state index contributed by atoms with van der Waals surface area (Å²) < 4.78 is 0. The van der Waals surface area contributed by atoms with Gasteiger partial charge in [0.2, 0.25) is 0 Å². The minimum atomic E-state index is 0.778. The topological polar surface area (TPSA) is 18.5 Å². The van der Waals surface area contributed by atoms with Crippen LogP contribution < -0.4 is 10.2 Å². The monoisotopic (exact) mass is 259 g/mol. The largest absolute Gasteiger partial charge is 0.369 e. The van der Waals surface area contributed by atoms with E-state index in [-0.39, 0.29) is 0 Å². The maximum absolute atomic E-state index is 3.47. The Labute approximate surface area is 116 Å². The molecular formula is C16H25N3. The van der Waals surface area contributed by atoms with E-state index < -0.39 is 0 Å². The summed E-state index contributed by atoms with van der Waals surface area (Å²) in [4.78, 5) is 5.23. The fraction of sp³-hybridized carbons (Fsp3) is 0.625. The summed E-state index contributed by atoms with van der Waals surface area (Å²) >= 11 is 0. The van der Waals surface area contributed by atoms with Gasteiger partial charge < -0.3 is 10.2 Å². The van der Waals surface area contributed by atoms with Gasteiger partial charge in [0.25, 0.3) is 0 Å². The van der Waals surface area contributed by atoms with E-state index in [0.717, 1.165) is 6.04 Å². The highest BCUT2D eigenvalue weighted by atomic mass is 15.3. The minimum Gasteiger partial charge on any atom is -0.369 e. The van der Waals surface area contributed by atoms with Crippen LogP contribution in [0.1, 0.15) is 17.5 Å². The first kappa shape index (κ1) is 12.9. The predicted molar refractivity (Wildman–Crippen MR) is 81.0 cm³/mol. The van der Waals surface area contributed by atoms with Crippen LogP contribution in [0.2, 0.25) is 0 Å². The maximum Gasteiger partial charge on any atom is 0.0399 e. The molecule has 2 heterocycles. The molecule has 3 rings (SSSR count). The zero-order chi connectivity index (χ0) is 13.2. The van der Waals surface area contributed by atoms with Crippen LogP contribution in [-0.4, -0.2) is 50.2 Å². The van der Waals surface area contributed by atoms with Crippen LogP contribution in [0.4, 0.5) is 5.69 Å². The van der Waals surface area contributed by atoms with Gasteiger partial charge in [-0.25, -0.2) is 0 Å². The second-order valence-corrected chi connectivity index (χ2v) is 5.89. The Kier molecular flexibility index (Phi) is 3.76. The number of hydrogen-bond donors (Lipinski definition) is 1. The zero-order valence-electron chi connectivity index (χ0n) is 12.2. The van der Waals surface area contributed by atoms with Crippen molar-refractivity contribution in [2.24, 2.45) is 0 Å². The molecule has 2 aliphatic heterocycles. The number of aryl methyl sites for hydroxylation is 1. The van der Waals surface area contributed by atoms with Crippen molar-refractivity contribution in [3.05, 3.63) is 29.3 Å². The Bertz CT molecular complexity index is 430. The van der Waals surface area contributed by atoms with Crippen LogP contribution in [0.25, 0.3) is 0 Å². The van der Waals surface area contributed by atoms with Gasteiger partial charge in [-0.2, -0.15) is 0 Å². The average molecular weight is 259 g/mol. The summed E-state index contributed by atoms with van der Waals surface area (Å²) in [6.07, 6.45) is 1.32. The molecule has 0 bridgehead atoms. The third-order valence-corrected chi connectivity index (χ3v) is 4.78. The fourth-order valence-electron chi connectivity index (χ4n) is 3.36. The van der Waals surface area contributed by atoms with E-state index in [1.165, 1.54) is 62.5 Å².